The van der Waals surface area contributed by atoms with Crippen molar-refractivity contribution in [2.45, 2.75) is 18.9 Å². The lowest BCUT2D eigenvalue weighted by Gasteiger charge is -2.23. The van der Waals surface area contributed by atoms with E-state index < -0.39 is 0 Å². The Balaban J connectivity index is 2.03. The van der Waals surface area contributed by atoms with Gasteiger partial charge in [-0.2, -0.15) is 0 Å². The molecule has 15 heavy (non-hydrogen) atoms. The van der Waals surface area contributed by atoms with Gasteiger partial charge >= 0.3 is 0 Å². The van der Waals surface area contributed by atoms with Crippen LogP contribution in [0, 0.1) is 0 Å². The van der Waals surface area contributed by atoms with Crippen LogP contribution in [0.15, 0.2) is 18.2 Å². The summed E-state index contributed by atoms with van der Waals surface area (Å²) in [5.41, 5.74) is 6.06. The number of aromatic hydroxyl groups is 1. The fourth-order valence-corrected chi connectivity index (χ4v) is 1.61. The standard InChI is InChI=1S/C11H15NO3/c12-8-1-2-11(10(13)7-8)15-9-3-5-14-6-4-9/h1-2,7,9,13H,3-6,12H2. The summed E-state index contributed by atoms with van der Waals surface area (Å²) in [4.78, 5) is 0. The van der Waals surface area contributed by atoms with Crippen molar-refractivity contribution in [2.24, 2.45) is 0 Å². The van der Waals surface area contributed by atoms with E-state index in [0.717, 1.165) is 26.1 Å². The average Bonchev–Trinajstić information content (AvgIpc) is 2.24. The lowest BCUT2D eigenvalue weighted by molar-refractivity contribution is 0.0245. The molecule has 0 amide bonds. The highest BCUT2D eigenvalue weighted by Crippen LogP contribution is 2.29. The first-order valence-corrected chi connectivity index (χ1v) is 5.08. The summed E-state index contributed by atoms with van der Waals surface area (Å²) in [5.74, 6) is 0.595. The van der Waals surface area contributed by atoms with Crippen molar-refractivity contribution in [2.75, 3.05) is 18.9 Å². The van der Waals surface area contributed by atoms with E-state index in [0.29, 0.717) is 11.4 Å². The molecule has 1 aliphatic heterocycles. The van der Waals surface area contributed by atoms with Crippen LogP contribution in [0.3, 0.4) is 0 Å². The Morgan fingerprint density at radius 3 is 2.73 bits per heavy atom. The Morgan fingerprint density at radius 1 is 1.33 bits per heavy atom. The van der Waals surface area contributed by atoms with Crippen molar-refractivity contribution in [3.8, 4) is 11.5 Å². The second-order valence-corrected chi connectivity index (χ2v) is 3.66. The van der Waals surface area contributed by atoms with Crippen LogP contribution in [-0.4, -0.2) is 24.4 Å². The van der Waals surface area contributed by atoms with Crippen LogP contribution in [0.5, 0.6) is 11.5 Å². The number of hydrogen-bond acceptors (Lipinski definition) is 4. The van der Waals surface area contributed by atoms with E-state index in [1.807, 2.05) is 0 Å². The second-order valence-electron chi connectivity index (χ2n) is 3.66. The highest BCUT2D eigenvalue weighted by Gasteiger charge is 2.16. The molecule has 0 spiro atoms. The van der Waals surface area contributed by atoms with Gasteiger partial charge in [0.15, 0.2) is 11.5 Å². The third-order valence-corrected chi connectivity index (χ3v) is 2.44. The van der Waals surface area contributed by atoms with Crippen molar-refractivity contribution in [3.63, 3.8) is 0 Å². The fourth-order valence-electron chi connectivity index (χ4n) is 1.61. The molecule has 4 nitrogen and oxygen atoms in total. The minimum Gasteiger partial charge on any atom is -0.504 e. The molecule has 1 heterocycles. The smallest absolute Gasteiger partial charge is 0.161 e. The Labute approximate surface area is 88.6 Å². The Hall–Kier alpha value is -1.42. The maximum absolute atomic E-state index is 9.59. The van der Waals surface area contributed by atoms with Crippen molar-refractivity contribution in [3.05, 3.63) is 18.2 Å². The van der Waals surface area contributed by atoms with Crippen molar-refractivity contribution in [1.82, 2.24) is 0 Å². The fraction of sp³-hybridized carbons (Fsp3) is 0.455. The Morgan fingerprint density at radius 2 is 2.07 bits per heavy atom. The molecule has 82 valence electrons. The van der Waals surface area contributed by atoms with Gasteiger partial charge in [0.2, 0.25) is 0 Å². The predicted octanol–water partition coefficient (Wildman–Crippen LogP) is 1.53. The number of rotatable bonds is 2. The van der Waals surface area contributed by atoms with Gasteiger partial charge < -0.3 is 20.3 Å². The number of phenols is 1. The lowest BCUT2D eigenvalue weighted by Crippen LogP contribution is -2.25. The van der Waals surface area contributed by atoms with Gasteiger partial charge in [-0.05, 0) is 12.1 Å². The third kappa shape index (κ3) is 2.53. The highest BCUT2D eigenvalue weighted by atomic mass is 16.5. The van der Waals surface area contributed by atoms with Crippen LogP contribution in [0.2, 0.25) is 0 Å². The molecule has 1 saturated heterocycles. The maximum Gasteiger partial charge on any atom is 0.161 e. The number of ether oxygens (including phenoxy) is 2. The zero-order chi connectivity index (χ0) is 10.7. The molecule has 1 aromatic carbocycles. The summed E-state index contributed by atoms with van der Waals surface area (Å²) in [7, 11) is 0. The van der Waals surface area contributed by atoms with Crippen LogP contribution in [0.1, 0.15) is 12.8 Å². The minimum atomic E-state index is 0.0986. The van der Waals surface area contributed by atoms with Gasteiger partial charge in [-0.1, -0.05) is 0 Å². The van der Waals surface area contributed by atoms with Gasteiger partial charge in [-0.25, -0.2) is 0 Å². The van der Waals surface area contributed by atoms with E-state index in [2.05, 4.69) is 0 Å². The molecule has 1 aromatic rings. The van der Waals surface area contributed by atoms with Crippen molar-refractivity contribution in [1.29, 1.82) is 0 Å². The van der Waals surface area contributed by atoms with Crippen LogP contribution < -0.4 is 10.5 Å². The molecule has 0 atom stereocenters. The third-order valence-electron chi connectivity index (χ3n) is 2.44. The molecular formula is C11H15NO3. The second kappa shape index (κ2) is 4.40. The van der Waals surface area contributed by atoms with E-state index in [4.69, 9.17) is 15.2 Å². The zero-order valence-corrected chi connectivity index (χ0v) is 8.48. The van der Waals surface area contributed by atoms with E-state index in [1.54, 1.807) is 12.1 Å². The highest BCUT2D eigenvalue weighted by molar-refractivity contribution is 5.51. The maximum atomic E-state index is 9.59. The average molecular weight is 209 g/mol. The lowest BCUT2D eigenvalue weighted by atomic mass is 10.1. The summed E-state index contributed by atoms with van der Waals surface area (Å²) in [5, 5.41) is 9.59. The van der Waals surface area contributed by atoms with Gasteiger partial charge in [0.05, 0.1) is 13.2 Å². The van der Waals surface area contributed by atoms with Crippen LogP contribution in [0.25, 0.3) is 0 Å². The van der Waals surface area contributed by atoms with Gasteiger partial charge in [0, 0.05) is 24.6 Å². The summed E-state index contributed by atoms with van der Waals surface area (Å²) in [6.07, 6.45) is 1.86. The Bertz CT molecular complexity index is 335. The SMILES string of the molecule is Nc1ccc(OC2CCOCC2)c(O)c1. The molecule has 0 aliphatic carbocycles. The summed E-state index contributed by atoms with van der Waals surface area (Å²) in [6, 6.07) is 4.91. The number of hydrogen-bond donors (Lipinski definition) is 2. The van der Waals surface area contributed by atoms with E-state index in [-0.39, 0.29) is 11.9 Å². The number of anilines is 1. The largest absolute Gasteiger partial charge is 0.504 e. The summed E-state index contributed by atoms with van der Waals surface area (Å²) >= 11 is 0. The number of nitrogens with two attached hydrogens (primary N) is 1. The van der Waals surface area contributed by atoms with Gasteiger partial charge in [-0.15, -0.1) is 0 Å². The molecule has 4 heteroatoms. The molecule has 0 bridgehead atoms. The summed E-state index contributed by atoms with van der Waals surface area (Å²) < 4.78 is 10.9. The number of phenolic OH excluding ortho intramolecular Hbond substituents is 1. The van der Waals surface area contributed by atoms with E-state index in [1.165, 1.54) is 6.07 Å². The molecule has 2 rings (SSSR count). The predicted molar refractivity (Wildman–Crippen MR) is 57.0 cm³/mol. The molecule has 1 aliphatic rings. The molecule has 0 aromatic heterocycles. The molecular weight excluding hydrogens is 194 g/mol. The first-order valence-electron chi connectivity index (χ1n) is 5.08. The molecule has 3 N–H and O–H groups in total. The number of benzene rings is 1. The van der Waals surface area contributed by atoms with E-state index in [9.17, 15) is 5.11 Å². The van der Waals surface area contributed by atoms with Crippen LogP contribution >= 0.6 is 0 Å². The zero-order valence-electron chi connectivity index (χ0n) is 8.48. The number of nitrogen functional groups attached to an aromatic ring is 1. The Kier molecular flexibility index (Phi) is 2.97. The van der Waals surface area contributed by atoms with Gasteiger partial charge in [0.25, 0.3) is 0 Å². The van der Waals surface area contributed by atoms with Crippen molar-refractivity contribution < 1.29 is 14.6 Å². The molecule has 0 unspecified atom stereocenters. The summed E-state index contributed by atoms with van der Waals surface area (Å²) in [6.45, 7) is 1.45. The van der Waals surface area contributed by atoms with Gasteiger partial charge in [-0.3, -0.25) is 0 Å². The first kappa shape index (κ1) is 10.1. The van der Waals surface area contributed by atoms with Gasteiger partial charge in [0.1, 0.15) is 6.10 Å². The topological polar surface area (TPSA) is 64.7 Å². The monoisotopic (exact) mass is 209 g/mol. The van der Waals surface area contributed by atoms with Crippen molar-refractivity contribution >= 4 is 5.69 Å². The minimum absolute atomic E-state index is 0.0986. The van der Waals surface area contributed by atoms with Crippen LogP contribution in [-0.2, 0) is 4.74 Å². The molecule has 1 fully saturated rings. The molecule has 0 radical (unpaired) electrons. The first-order chi connectivity index (χ1) is 7.25. The quantitative estimate of drug-likeness (QED) is 0.725. The van der Waals surface area contributed by atoms with E-state index >= 15 is 0 Å². The molecule has 0 saturated carbocycles. The van der Waals surface area contributed by atoms with Crippen LogP contribution in [0.4, 0.5) is 5.69 Å². The normalized spacial score (nSPS) is 17.6.